The van der Waals surface area contributed by atoms with Crippen LogP contribution >= 0.6 is 11.6 Å². The number of nitrogens with zero attached hydrogens (tertiary/aromatic N) is 4. The van der Waals surface area contributed by atoms with Gasteiger partial charge in [-0.05, 0) is 43.0 Å². The van der Waals surface area contributed by atoms with Crippen LogP contribution in [0.2, 0.25) is 5.02 Å². The van der Waals surface area contributed by atoms with Crippen LogP contribution < -0.4 is 5.69 Å². The summed E-state index contributed by atoms with van der Waals surface area (Å²) >= 11 is 6.05. The first-order valence-corrected chi connectivity index (χ1v) is 9.98. The zero-order chi connectivity index (χ0) is 20.2. The first-order valence-electron chi connectivity index (χ1n) is 9.60. The highest BCUT2D eigenvalue weighted by molar-refractivity contribution is 6.30. The van der Waals surface area contributed by atoms with E-state index < -0.39 is 5.69 Å². The van der Waals surface area contributed by atoms with Crippen LogP contribution in [-0.4, -0.2) is 31.9 Å². The Kier molecular flexibility index (Phi) is 5.76. The average Bonchev–Trinajstić information content (AvgIpc) is 3.18. The maximum Gasteiger partial charge on any atom is 0.347 e. The number of halogens is 1. The fourth-order valence-electron chi connectivity index (χ4n) is 3.64. The molecule has 0 radical (unpaired) electrons. The van der Waals surface area contributed by atoms with Gasteiger partial charge in [0.1, 0.15) is 18.3 Å². The Hall–Kier alpha value is -2.93. The van der Waals surface area contributed by atoms with Gasteiger partial charge >= 0.3 is 5.69 Å². The number of aromatic nitrogens is 3. The molecule has 0 bridgehead atoms. The van der Waals surface area contributed by atoms with Gasteiger partial charge in [-0.15, -0.1) is 0 Å². The Bertz CT molecular complexity index is 1060. The molecule has 1 saturated heterocycles. The number of oxazole rings is 1. The normalized spacial score (nSPS) is 16.7. The van der Waals surface area contributed by atoms with Gasteiger partial charge in [-0.25, -0.2) is 14.8 Å². The maximum absolute atomic E-state index is 12.9. The molecule has 29 heavy (non-hydrogen) atoms. The second kappa shape index (κ2) is 8.61. The van der Waals surface area contributed by atoms with Gasteiger partial charge in [-0.2, -0.15) is 0 Å². The van der Waals surface area contributed by atoms with Gasteiger partial charge in [-0.1, -0.05) is 23.7 Å². The van der Waals surface area contributed by atoms with Crippen molar-refractivity contribution < 1.29 is 9.21 Å². The zero-order valence-corrected chi connectivity index (χ0v) is 16.6. The number of amides is 1. The molecule has 3 aromatic rings. The summed E-state index contributed by atoms with van der Waals surface area (Å²) in [5.74, 6) is 1.12. The van der Waals surface area contributed by atoms with Crippen molar-refractivity contribution in [2.24, 2.45) is 0 Å². The standard InChI is InChI=1S/C21H21ClN4O3/c22-16-6-3-5-15(11-16)12-17-13-24-20(29-17)18-7-1-2-10-26(18)19(27)14-25-9-4-8-23-21(25)28/h3-6,8-9,11,13,18H,1-2,7,10,12,14H2/t18-/m0/s1. The maximum atomic E-state index is 12.9. The van der Waals surface area contributed by atoms with Crippen LogP contribution in [0.1, 0.15) is 42.5 Å². The van der Waals surface area contributed by atoms with Crippen molar-refractivity contribution in [1.82, 2.24) is 19.4 Å². The number of rotatable bonds is 5. The molecule has 1 aliphatic heterocycles. The Morgan fingerprint density at radius 2 is 2.14 bits per heavy atom. The van der Waals surface area contributed by atoms with Crippen molar-refractivity contribution in [3.8, 4) is 0 Å². The molecule has 3 heterocycles. The van der Waals surface area contributed by atoms with Crippen LogP contribution in [0.3, 0.4) is 0 Å². The predicted molar refractivity (Wildman–Crippen MR) is 108 cm³/mol. The predicted octanol–water partition coefficient (Wildman–Crippen LogP) is 3.23. The molecule has 1 amide bonds. The minimum absolute atomic E-state index is 0.0424. The molecule has 8 heteroatoms. The summed E-state index contributed by atoms with van der Waals surface area (Å²) in [6, 6.07) is 9.02. The molecule has 0 aliphatic carbocycles. The van der Waals surface area contributed by atoms with E-state index in [0.717, 1.165) is 30.6 Å². The fourth-order valence-corrected chi connectivity index (χ4v) is 3.85. The lowest BCUT2D eigenvalue weighted by molar-refractivity contribution is -0.136. The molecule has 4 rings (SSSR count). The number of carbonyl (C=O) groups is 1. The molecular weight excluding hydrogens is 392 g/mol. The summed E-state index contributed by atoms with van der Waals surface area (Å²) < 4.78 is 7.31. The van der Waals surface area contributed by atoms with E-state index in [-0.39, 0.29) is 18.5 Å². The van der Waals surface area contributed by atoms with E-state index >= 15 is 0 Å². The van der Waals surface area contributed by atoms with Gasteiger partial charge in [-0.3, -0.25) is 9.36 Å². The van der Waals surface area contributed by atoms with Crippen molar-refractivity contribution in [3.05, 3.63) is 81.6 Å². The zero-order valence-electron chi connectivity index (χ0n) is 15.8. The fraction of sp³-hybridized carbons (Fsp3) is 0.333. The lowest BCUT2D eigenvalue weighted by Gasteiger charge is -2.33. The van der Waals surface area contributed by atoms with E-state index in [1.807, 2.05) is 24.3 Å². The van der Waals surface area contributed by atoms with Gasteiger partial charge in [0.15, 0.2) is 0 Å². The van der Waals surface area contributed by atoms with Crippen molar-refractivity contribution in [1.29, 1.82) is 0 Å². The quantitative estimate of drug-likeness (QED) is 0.642. The highest BCUT2D eigenvalue weighted by Crippen LogP contribution is 2.31. The average molecular weight is 413 g/mol. The third kappa shape index (κ3) is 4.56. The summed E-state index contributed by atoms with van der Waals surface area (Å²) in [4.78, 5) is 34.6. The first-order chi connectivity index (χ1) is 14.1. The highest BCUT2D eigenvalue weighted by atomic mass is 35.5. The van der Waals surface area contributed by atoms with E-state index in [9.17, 15) is 9.59 Å². The van der Waals surface area contributed by atoms with Gasteiger partial charge in [0.05, 0.1) is 6.20 Å². The number of likely N-dealkylation sites (tertiary alicyclic amines) is 1. The number of hydrogen-bond donors (Lipinski definition) is 0. The van der Waals surface area contributed by atoms with Crippen LogP contribution in [0.15, 0.2) is 58.1 Å². The molecule has 0 N–H and O–H groups in total. The summed E-state index contributed by atoms with van der Waals surface area (Å²) in [6.07, 6.45) is 7.97. The summed E-state index contributed by atoms with van der Waals surface area (Å²) in [7, 11) is 0. The summed E-state index contributed by atoms with van der Waals surface area (Å²) in [6.45, 7) is 0.573. The molecule has 150 valence electrons. The second-order valence-electron chi connectivity index (χ2n) is 7.10. The number of piperidine rings is 1. The number of benzene rings is 1. The van der Waals surface area contributed by atoms with Crippen molar-refractivity contribution in [2.45, 2.75) is 38.3 Å². The Morgan fingerprint density at radius 1 is 1.24 bits per heavy atom. The lowest BCUT2D eigenvalue weighted by atomic mass is 10.0. The lowest BCUT2D eigenvalue weighted by Crippen LogP contribution is -2.42. The van der Waals surface area contributed by atoms with Crippen molar-refractivity contribution >= 4 is 17.5 Å². The van der Waals surface area contributed by atoms with Crippen LogP contribution in [0, 0.1) is 0 Å². The minimum Gasteiger partial charge on any atom is -0.443 e. The second-order valence-corrected chi connectivity index (χ2v) is 7.54. The Morgan fingerprint density at radius 3 is 2.97 bits per heavy atom. The van der Waals surface area contributed by atoms with E-state index in [2.05, 4.69) is 9.97 Å². The largest absolute Gasteiger partial charge is 0.443 e. The number of hydrogen-bond acceptors (Lipinski definition) is 5. The van der Waals surface area contributed by atoms with Crippen LogP contribution in [-0.2, 0) is 17.8 Å². The third-order valence-electron chi connectivity index (χ3n) is 5.04. The SMILES string of the molecule is O=C(Cn1cccnc1=O)N1CCCC[C@H]1c1ncc(Cc2cccc(Cl)c2)o1. The highest BCUT2D eigenvalue weighted by Gasteiger charge is 2.31. The third-order valence-corrected chi connectivity index (χ3v) is 5.27. The topological polar surface area (TPSA) is 81.2 Å². The molecule has 1 aromatic carbocycles. The van der Waals surface area contributed by atoms with Gasteiger partial charge in [0.25, 0.3) is 0 Å². The first kappa shape index (κ1) is 19.4. The number of carbonyl (C=O) groups excluding carboxylic acids is 1. The molecule has 0 unspecified atom stereocenters. The minimum atomic E-state index is -0.436. The molecule has 2 aromatic heterocycles. The monoisotopic (exact) mass is 412 g/mol. The van der Waals surface area contributed by atoms with Crippen molar-refractivity contribution in [3.63, 3.8) is 0 Å². The Balaban J connectivity index is 1.50. The molecule has 7 nitrogen and oxygen atoms in total. The molecule has 0 saturated carbocycles. The molecule has 1 atom stereocenters. The van der Waals surface area contributed by atoms with E-state index in [1.165, 1.54) is 10.8 Å². The summed E-state index contributed by atoms with van der Waals surface area (Å²) in [5.41, 5.74) is 0.599. The van der Waals surface area contributed by atoms with Crippen molar-refractivity contribution in [2.75, 3.05) is 6.54 Å². The van der Waals surface area contributed by atoms with Crippen LogP contribution in [0.4, 0.5) is 0 Å². The van der Waals surface area contributed by atoms with Gasteiger partial charge in [0.2, 0.25) is 11.8 Å². The van der Waals surface area contributed by atoms with Crippen LogP contribution in [0.25, 0.3) is 0 Å². The summed E-state index contributed by atoms with van der Waals surface area (Å²) in [5, 5.41) is 0.678. The smallest absolute Gasteiger partial charge is 0.347 e. The van der Waals surface area contributed by atoms with Gasteiger partial charge in [0, 0.05) is 30.4 Å². The molecule has 0 spiro atoms. The van der Waals surface area contributed by atoms with Gasteiger partial charge < -0.3 is 9.32 Å². The molecule has 1 aliphatic rings. The van der Waals surface area contributed by atoms with Crippen LogP contribution in [0.5, 0.6) is 0 Å². The van der Waals surface area contributed by atoms with E-state index in [1.54, 1.807) is 23.4 Å². The van der Waals surface area contributed by atoms with E-state index in [4.69, 9.17) is 16.0 Å². The molecular formula is C21H21ClN4O3. The molecule has 1 fully saturated rings. The van der Waals surface area contributed by atoms with E-state index in [0.29, 0.717) is 23.9 Å². The Labute approximate surface area is 173 Å².